The summed E-state index contributed by atoms with van der Waals surface area (Å²) in [6.07, 6.45) is 0.814. The average Bonchev–Trinajstić information content (AvgIpc) is 2.61. The van der Waals surface area contributed by atoms with E-state index in [1.54, 1.807) is 0 Å². The number of hydrogen-bond donors (Lipinski definition) is 0. The lowest BCUT2D eigenvalue weighted by Gasteiger charge is -2.21. The number of carbonyl (C=O) groups is 1. The fraction of sp³-hybridized carbons (Fsp3) is 0.462. The monoisotopic (exact) mass is 297 g/mol. The molecule has 1 aromatic carbocycles. The van der Waals surface area contributed by atoms with Crippen LogP contribution in [-0.2, 0) is 16.1 Å². The van der Waals surface area contributed by atoms with Crippen LogP contribution in [0.3, 0.4) is 0 Å². The van der Waals surface area contributed by atoms with E-state index in [4.69, 9.17) is 4.74 Å². The Morgan fingerprint density at radius 1 is 1.47 bits per heavy atom. The number of nitrogens with zero attached hydrogens (tertiary/aromatic N) is 1. The molecule has 0 saturated carbocycles. The Balaban J connectivity index is 2.05. The molecule has 0 spiro atoms. The molecular formula is C13H16BrNO2. The van der Waals surface area contributed by atoms with E-state index in [1.807, 2.05) is 37.1 Å². The van der Waals surface area contributed by atoms with Crippen molar-refractivity contribution < 1.29 is 9.53 Å². The minimum Gasteiger partial charge on any atom is -0.461 e. The van der Waals surface area contributed by atoms with Gasteiger partial charge in [0.05, 0.1) is 0 Å². The Morgan fingerprint density at radius 3 is 2.76 bits per heavy atom. The van der Waals surface area contributed by atoms with Crippen molar-refractivity contribution >= 4 is 21.9 Å². The van der Waals surface area contributed by atoms with Crippen molar-refractivity contribution in [3.63, 3.8) is 0 Å². The second kappa shape index (κ2) is 5.19. The van der Waals surface area contributed by atoms with Gasteiger partial charge in [0.25, 0.3) is 0 Å². The molecular weight excluding hydrogens is 282 g/mol. The molecule has 17 heavy (non-hydrogen) atoms. The molecule has 1 aromatic rings. The highest BCUT2D eigenvalue weighted by Crippen LogP contribution is 2.23. The maximum absolute atomic E-state index is 11.6. The number of likely N-dealkylation sites (N-methyl/N-ethyl adjacent to an activating group) is 1. The number of esters is 1. The third-order valence-electron chi connectivity index (χ3n) is 3.05. The number of hydrogen-bond acceptors (Lipinski definition) is 3. The minimum absolute atomic E-state index is 0.0363. The Hall–Kier alpha value is -0.870. The molecule has 1 aliphatic rings. The van der Waals surface area contributed by atoms with Gasteiger partial charge in [-0.2, -0.15) is 0 Å². The van der Waals surface area contributed by atoms with Crippen LogP contribution in [0.1, 0.15) is 18.9 Å². The first kappa shape index (κ1) is 12.6. The van der Waals surface area contributed by atoms with Crippen molar-refractivity contribution in [2.45, 2.75) is 32.0 Å². The third-order valence-corrected chi connectivity index (χ3v) is 3.83. The summed E-state index contributed by atoms with van der Waals surface area (Å²) in [5.74, 6) is -0.105. The fourth-order valence-electron chi connectivity index (χ4n) is 2.10. The predicted octanol–water partition coefficient (Wildman–Crippen LogP) is 2.58. The van der Waals surface area contributed by atoms with Crippen molar-refractivity contribution in [1.29, 1.82) is 0 Å². The normalized spacial score (nSPS) is 24.1. The highest BCUT2D eigenvalue weighted by atomic mass is 79.9. The van der Waals surface area contributed by atoms with Gasteiger partial charge < -0.3 is 4.74 Å². The first-order chi connectivity index (χ1) is 8.08. The molecule has 2 atom stereocenters. The van der Waals surface area contributed by atoms with Crippen LogP contribution in [0, 0.1) is 0 Å². The van der Waals surface area contributed by atoms with Crippen molar-refractivity contribution in [1.82, 2.24) is 4.90 Å². The van der Waals surface area contributed by atoms with Crippen molar-refractivity contribution in [3.05, 3.63) is 34.3 Å². The van der Waals surface area contributed by atoms with Gasteiger partial charge >= 0.3 is 5.97 Å². The SMILES string of the molecule is C[C@H]1C[C@H](N(C)Cc2ccccc2Br)C(=O)O1. The summed E-state index contributed by atoms with van der Waals surface area (Å²) in [6, 6.07) is 7.95. The van der Waals surface area contributed by atoms with E-state index in [9.17, 15) is 4.79 Å². The second-order valence-corrected chi connectivity index (χ2v) is 5.36. The van der Waals surface area contributed by atoms with Crippen LogP contribution >= 0.6 is 15.9 Å². The lowest BCUT2D eigenvalue weighted by atomic mass is 10.1. The van der Waals surface area contributed by atoms with Crippen LogP contribution in [0.4, 0.5) is 0 Å². The van der Waals surface area contributed by atoms with Crippen molar-refractivity contribution in [3.8, 4) is 0 Å². The van der Waals surface area contributed by atoms with Crippen molar-refractivity contribution in [2.24, 2.45) is 0 Å². The Morgan fingerprint density at radius 2 is 2.18 bits per heavy atom. The quantitative estimate of drug-likeness (QED) is 0.803. The van der Waals surface area contributed by atoms with Gasteiger partial charge in [-0.25, -0.2) is 0 Å². The van der Waals surface area contributed by atoms with Crippen LogP contribution in [-0.4, -0.2) is 30.1 Å². The topological polar surface area (TPSA) is 29.5 Å². The summed E-state index contributed by atoms with van der Waals surface area (Å²) in [6.45, 7) is 2.68. The molecule has 92 valence electrons. The molecule has 0 amide bonds. The van der Waals surface area contributed by atoms with Crippen LogP contribution in [0.5, 0.6) is 0 Å². The molecule has 0 radical (unpaired) electrons. The maximum atomic E-state index is 11.6. The molecule has 1 heterocycles. The van der Waals surface area contributed by atoms with E-state index in [0.29, 0.717) is 0 Å². The zero-order valence-corrected chi connectivity index (χ0v) is 11.6. The minimum atomic E-state index is -0.114. The molecule has 0 aliphatic carbocycles. The molecule has 0 N–H and O–H groups in total. The lowest BCUT2D eigenvalue weighted by molar-refractivity contribution is -0.144. The first-order valence-corrected chi connectivity index (χ1v) is 6.51. The van der Waals surface area contributed by atoms with Crippen LogP contribution < -0.4 is 0 Å². The Kier molecular flexibility index (Phi) is 3.84. The molecule has 1 fully saturated rings. The van der Waals surface area contributed by atoms with E-state index >= 15 is 0 Å². The maximum Gasteiger partial charge on any atom is 0.323 e. The molecule has 1 saturated heterocycles. The van der Waals surface area contributed by atoms with Gasteiger partial charge in [0, 0.05) is 17.4 Å². The highest BCUT2D eigenvalue weighted by Gasteiger charge is 2.34. The number of carbonyl (C=O) groups excluding carboxylic acids is 1. The van der Waals surface area contributed by atoms with E-state index in [0.717, 1.165) is 17.4 Å². The van der Waals surface area contributed by atoms with E-state index in [2.05, 4.69) is 22.0 Å². The molecule has 2 rings (SSSR count). The largest absolute Gasteiger partial charge is 0.461 e. The number of rotatable bonds is 3. The molecule has 1 aliphatic heterocycles. The van der Waals surface area contributed by atoms with E-state index < -0.39 is 0 Å². The second-order valence-electron chi connectivity index (χ2n) is 4.51. The van der Waals surface area contributed by atoms with Gasteiger partial charge in [-0.1, -0.05) is 34.1 Å². The summed E-state index contributed by atoms with van der Waals surface area (Å²) >= 11 is 3.52. The highest BCUT2D eigenvalue weighted by molar-refractivity contribution is 9.10. The third kappa shape index (κ3) is 2.87. The summed E-state index contributed by atoms with van der Waals surface area (Å²) in [5, 5.41) is 0. The smallest absolute Gasteiger partial charge is 0.323 e. The molecule has 0 unspecified atom stereocenters. The number of benzene rings is 1. The number of ether oxygens (including phenoxy) is 1. The molecule has 3 nitrogen and oxygen atoms in total. The molecule has 0 aromatic heterocycles. The lowest BCUT2D eigenvalue weighted by Crippen LogP contribution is -2.34. The standard InChI is InChI=1S/C13H16BrNO2/c1-9-7-12(13(16)17-9)15(2)8-10-5-3-4-6-11(10)14/h3-6,9,12H,7-8H2,1-2H3/t9-,12-/m0/s1. The van der Waals surface area contributed by atoms with Crippen LogP contribution in [0.2, 0.25) is 0 Å². The first-order valence-electron chi connectivity index (χ1n) is 5.72. The molecule has 4 heteroatoms. The molecule has 0 bridgehead atoms. The number of halogens is 1. The van der Waals surface area contributed by atoms with Crippen LogP contribution in [0.25, 0.3) is 0 Å². The Bertz CT molecular complexity index is 422. The van der Waals surface area contributed by atoms with Gasteiger partial charge in [-0.15, -0.1) is 0 Å². The van der Waals surface area contributed by atoms with Gasteiger partial charge in [0.15, 0.2) is 0 Å². The van der Waals surface area contributed by atoms with E-state index in [1.165, 1.54) is 5.56 Å². The van der Waals surface area contributed by atoms with Crippen molar-refractivity contribution in [2.75, 3.05) is 7.05 Å². The fourth-order valence-corrected chi connectivity index (χ4v) is 2.51. The average molecular weight is 298 g/mol. The zero-order chi connectivity index (χ0) is 12.4. The van der Waals surface area contributed by atoms with Gasteiger partial charge in [-0.05, 0) is 25.6 Å². The van der Waals surface area contributed by atoms with Crippen LogP contribution in [0.15, 0.2) is 28.7 Å². The summed E-state index contributed by atoms with van der Waals surface area (Å²) in [7, 11) is 1.96. The zero-order valence-electron chi connectivity index (χ0n) is 10.0. The van der Waals surface area contributed by atoms with Gasteiger partial charge in [-0.3, -0.25) is 9.69 Å². The summed E-state index contributed by atoms with van der Waals surface area (Å²) < 4.78 is 6.25. The van der Waals surface area contributed by atoms with Gasteiger partial charge in [0.1, 0.15) is 12.1 Å². The summed E-state index contributed by atoms with van der Waals surface area (Å²) in [5.41, 5.74) is 1.18. The summed E-state index contributed by atoms with van der Waals surface area (Å²) in [4.78, 5) is 13.7. The van der Waals surface area contributed by atoms with E-state index in [-0.39, 0.29) is 18.1 Å². The Labute approximate surface area is 110 Å². The van der Waals surface area contributed by atoms with Gasteiger partial charge in [0.2, 0.25) is 0 Å². The number of cyclic esters (lactones) is 1. The predicted molar refractivity (Wildman–Crippen MR) is 69.6 cm³/mol.